The Balaban J connectivity index is 2.51. The molecule has 2 nitrogen and oxygen atoms in total. The largest absolute Gasteiger partial charge is 0.343 e. The molecule has 0 amide bonds. The minimum atomic E-state index is 0.426. The average molecular weight is 188 g/mol. The van der Waals surface area contributed by atoms with E-state index in [4.69, 9.17) is 5.73 Å². The first-order chi connectivity index (χ1) is 6.86. The van der Waals surface area contributed by atoms with Gasteiger partial charge >= 0.3 is 0 Å². The van der Waals surface area contributed by atoms with Crippen LogP contribution in [0.1, 0.15) is 19.4 Å². The Hall–Kier alpha value is -1.28. The lowest BCUT2D eigenvalue weighted by Gasteiger charge is -2.15. The summed E-state index contributed by atoms with van der Waals surface area (Å²) in [4.78, 5) is 0. The summed E-state index contributed by atoms with van der Waals surface area (Å²) in [5.41, 5.74) is 7.03. The summed E-state index contributed by atoms with van der Waals surface area (Å²) in [5, 5.41) is 1.29. The molecule has 0 spiro atoms. The van der Waals surface area contributed by atoms with Crippen LogP contribution in [0, 0.1) is 0 Å². The van der Waals surface area contributed by atoms with Gasteiger partial charge < -0.3 is 10.3 Å². The quantitative estimate of drug-likeness (QED) is 0.788. The zero-order chi connectivity index (χ0) is 9.97. The van der Waals surface area contributed by atoms with Gasteiger partial charge in [0, 0.05) is 24.3 Å². The normalized spacial score (nSPS) is 13.3. The molecule has 0 aliphatic rings. The van der Waals surface area contributed by atoms with E-state index in [0.717, 1.165) is 6.42 Å². The topological polar surface area (TPSA) is 30.9 Å². The van der Waals surface area contributed by atoms with Crippen molar-refractivity contribution in [3.05, 3.63) is 36.5 Å². The highest BCUT2D eigenvalue weighted by atomic mass is 15.0. The van der Waals surface area contributed by atoms with E-state index >= 15 is 0 Å². The number of rotatable bonds is 3. The van der Waals surface area contributed by atoms with Crippen LogP contribution in [0.3, 0.4) is 0 Å². The predicted molar refractivity (Wildman–Crippen MR) is 60.3 cm³/mol. The van der Waals surface area contributed by atoms with Crippen LogP contribution in [0.5, 0.6) is 0 Å². The Morgan fingerprint density at radius 2 is 2.07 bits per heavy atom. The van der Waals surface area contributed by atoms with Crippen LogP contribution >= 0.6 is 0 Å². The first-order valence-electron chi connectivity index (χ1n) is 5.12. The maximum atomic E-state index is 5.74. The summed E-state index contributed by atoms with van der Waals surface area (Å²) in [6, 6.07) is 11.0. The highest BCUT2D eigenvalue weighted by molar-refractivity contribution is 5.80. The molecule has 74 valence electrons. The smallest absolute Gasteiger partial charge is 0.0483 e. The van der Waals surface area contributed by atoms with E-state index in [-0.39, 0.29) is 0 Å². The second-order valence-electron chi connectivity index (χ2n) is 3.58. The van der Waals surface area contributed by atoms with E-state index in [9.17, 15) is 0 Å². The molecule has 0 aliphatic carbocycles. The van der Waals surface area contributed by atoms with Gasteiger partial charge in [0.15, 0.2) is 0 Å². The fourth-order valence-corrected chi connectivity index (χ4v) is 1.90. The standard InChI is InChI=1S/C12H16N2/c1-2-11(9-13)14-8-7-10-5-3-4-6-12(10)14/h3-8,11H,2,9,13H2,1H3. The molecule has 2 rings (SSSR count). The molecular formula is C12H16N2. The molecule has 1 unspecified atom stereocenters. The van der Waals surface area contributed by atoms with Crippen LogP contribution in [-0.2, 0) is 0 Å². The SMILES string of the molecule is CCC(CN)n1ccc2ccccc21. The van der Waals surface area contributed by atoms with Crippen molar-refractivity contribution >= 4 is 10.9 Å². The van der Waals surface area contributed by atoms with Gasteiger partial charge in [-0.05, 0) is 23.9 Å². The van der Waals surface area contributed by atoms with E-state index in [1.165, 1.54) is 10.9 Å². The van der Waals surface area contributed by atoms with Crippen molar-refractivity contribution < 1.29 is 0 Å². The average Bonchev–Trinajstić information content (AvgIpc) is 2.65. The molecule has 0 fully saturated rings. The van der Waals surface area contributed by atoms with Crippen molar-refractivity contribution in [2.45, 2.75) is 19.4 Å². The monoisotopic (exact) mass is 188 g/mol. The number of hydrogen-bond acceptors (Lipinski definition) is 1. The first-order valence-corrected chi connectivity index (χ1v) is 5.12. The Kier molecular flexibility index (Phi) is 2.55. The minimum Gasteiger partial charge on any atom is -0.343 e. The number of aromatic nitrogens is 1. The first kappa shape index (κ1) is 9.28. The number of fused-ring (bicyclic) bond motifs is 1. The lowest BCUT2D eigenvalue weighted by Crippen LogP contribution is -2.17. The second kappa shape index (κ2) is 3.84. The second-order valence-corrected chi connectivity index (χ2v) is 3.58. The zero-order valence-corrected chi connectivity index (χ0v) is 8.48. The Bertz CT molecular complexity index is 413. The Morgan fingerprint density at radius 1 is 1.29 bits per heavy atom. The molecule has 2 aromatic rings. The maximum Gasteiger partial charge on any atom is 0.0483 e. The van der Waals surface area contributed by atoms with E-state index in [2.05, 4.69) is 48.0 Å². The van der Waals surface area contributed by atoms with Crippen molar-refractivity contribution in [3.63, 3.8) is 0 Å². The molecule has 2 N–H and O–H groups in total. The molecule has 0 saturated heterocycles. The van der Waals surface area contributed by atoms with Crippen molar-refractivity contribution in [1.29, 1.82) is 0 Å². The highest BCUT2D eigenvalue weighted by Crippen LogP contribution is 2.20. The van der Waals surface area contributed by atoms with Gasteiger partial charge in [-0.15, -0.1) is 0 Å². The highest BCUT2D eigenvalue weighted by Gasteiger charge is 2.08. The summed E-state index contributed by atoms with van der Waals surface area (Å²) in [6.07, 6.45) is 3.21. The van der Waals surface area contributed by atoms with Gasteiger partial charge in [-0.25, -0.2) is 0 Å². The Morgan fingerprint density at radius 3 is 2.79 bits per heavy atom. The summed E-state index contributed by atoms with van der Waals surface area (Å²) < 4.78 is 2.27. The number of para-hydroxylation sites is 1. The third-order valence-corrected chi connectivity index (χ3v) is 2.77. The van der Waals surface area contributed by atoms with Crippen molar-refractivity contribution in [3.8, 4) is 0 Å². The molecule has 0 saturated carbocycles. The Labute approximate surface area is 84.3 Å². The number of nitrogens with two attached hydrogens (primary N) is 1. The molecule has 14 heavy (non-hydrogen) atoms. The van der Waals surface area contributed by atoms with Gasteiger partial charge in [-0.3, -0.25) is 0 Å². The number of hydrogen-bond donors (Lipinski definition) is 1. The van der Waals surface area contributed by atoms with Crippen LogP contribution in [-0.4, -0.2) is 11.1 Å². The van der Waals surface area contributed by atoms with E-state index in [1.54, 1.807) is 0 Å². The molecule has 1 heterocycles. The van der Waals surface area contributed by atoms with Crippen LogP contribution in [0.4, 0.5) is 0 Å². The molecule has 0 radical (unpaired) electrons. The van der Waals surface area contributed by atoms with Gasteiger partial charge in [-0.1, -0.05) is 25.1 Å². The van der Waals surface area contributed by atoms with Gasteiger partial charge in [0.25, 0.3) is 0 Å². The van der Waals surface area contributed by atoms with Gasteiger partial charge in [-0.2, -0.15) is 0 Å². The molecule has 0 bridgehead atoms. The van der Waals surface area contributed by atoms with Crippen LogP contribution in [0.25, 0.3) is 10.9 Å². The van der Waals surface area contributed by atoms with Crippen molar-refractivity contribution in [2.75, 3.05) is 6.54 Å². The number of nitrogens with zero attached hydrogens (tertiary/aromatic N) is 1. The third kappa shape index (κ3) is 1.42. The van der Waals surface area contributed by atoms with Crippen LogP contribution in [0.15, 0.2) is 36.5 Å². The van der Waals surface area contributed by atoms with Gasteiger partial charge in [0.2, 0.25) is 0 Å². The summed E-state index contributed by atoms with van der Waals surface area (Å²) in [5.74, 6) is 0. The molecule has 1 atom stereocenters. The molecule has 2 heteroatoms. The van der Waals surface area contributed by atoms with E-state index in [0.29, 0.717) is 12.6 Å². The van der Waals surface area contributed by atoms with Crippen molar-refractivity contribution in [2.24, 2.45) is 5.73 Å². The lowest BCUT2D eigenvalue weighted by molar-refractivity contribution is 0.511. The van der Waals surface area contributed by atoms with Crippen molar-refractivity contribution in [1.82, 2.24) is 4.57 Å². The van der Waals surface area contributed by atoms with Gasteiger partial charge in [0.1, 0.15) is 0 Å². The minimum absolute atomic E-state index is 0.426. The maximum absolute atomic E-state index is 5.74. The fourth-order valence-electron chi connectivity index (χ4n) is 1.90. The predicted octanol–water partition coefficient (Wildman–Crippen LogP) is 2.55. The molecule has 1 aromatic carbocycles. The fraction of sp³-hybridized carbons (Fsp3) is 0.333. The third-order valence-electron chi connectivity index (χ3n) is 2.77. The zero-order valence-electron chi connectivity index (χ0n) is 8.48. The van der Waals surface area contributed by atoms with Crippen LogP contribution < -0.4 is 5.73 Å². The van der Waals surface area contributed by atoms with Gasteiger partial charge in [0.05, 0.1) is 0 Å². The molecular weight excluding hydrogens is 172 g/mol. The summed E-state index contributed by atoms with van der Waals surface area (Å²) in [7, 11) is 0. The van der Waals surface area contributed by atoms with E-state index in [1.807, 2.05) is 0 Å². The summed E-state index contributed by atoms with van der Waals surface area (Å²) in [6.45, 7) is 2.88. The lowest BCUT2D eigenvalue weighted by atomic mass is 10.2. The van der Waals surface area contributed by atoms with Crippen LogP contribution in [0.2, 0.25) is 0 Å². The molecule has 1 aromatic heterocycles. The summed E-state index contributed by atoms with van der Waals surface area (Å²) >= 11 is 0. The van der Waals surface area contributed by atoms with E-state index < -0.39 is 0 Å². The molecule has 0 aliphatic heterocycles. The number of benzene rings is 1.